The first kappa shape index (κ1) is 16.9. The van der Waals surface area contributed by atoms with E-state index in [9.17, 15) is 9.59 Å². The molecule has 0 saturated carbocycles. The van der Waals surface area contributed by atoms with Crippen molar-refractivity contribution in [2.24, 2.45) is 0 Å². The number of amides is 2. The van der Waals surface area contributed by atoms with Crippen molar-refractivity contribution in [3.8, 4) is 0 Å². The van der Waals surface area contributed by atoms with Gasteiger partial charge < -0.3 is 20.3 Å². The summed E-state index contributed by atoms with van der Waals surface area (Å²) in [5.41, 5.74) is 1.70. The molecule has 1 atom stereocenters. The van der Waals surface area contributed by atoms with Gasteiger partial charge in [-0.2, -0.15) is 0 Å². The largest absolute Gasteiger partial charge is 0.378 e. The number of piperidine rings is 1. The molecule has 6 nitrogen and oxygen atoms in total. The number of nitrogens with zero attached hydrogens (tertiary/aromatic N) is 1. The summed E-state index contributed by atoms with van der Waals surface area (Å²) in [7, 11) is 0. The average Bonchev–Trinajstić information content (AvgIpc) is 2.63. The number of benzene rings is 1. The van der Waals surface area contributed by atoms with Gasteiger partial charge in [0.15, 0.2) is 0 Å². The Hall–Kier alpha value is -1.92. The van der Waals surface area contributed by atoms with Crippen molar-refractivity contribution in [3.05, 3.63) is 35.4 Å². The average molecular weight is 331 g/mol. The Balaban J connectivity index is 1.49. The van der Waals surface area contributed by atoms with Gasteiger partial charge in [-0.05, 0) is 31.4 Å². The fourth-order valence-electron chi connectivity index (χ4n) is 3.28. The Morgan fingerprint density at radius 2 is 2.00 bits per heavy atom. The van der Waals surface area contributed by atoms with Crippen LogP contribution in [0.1, 0.15) is 28.8 Å². The van der Waals surface area contributed by atoms with Crippen molar-refractivity contribution in [3.63, 3.8) is 0 Å². The Labute approximate surface area is 142 Å². The van der Waals surface area contributed by atoms with Crippen LogP contribution in [0.2, 0.25) is 0 Å². The van der Waals surface area contributed by atoms with Gasteiger partial charge in [-0.3, -0.25) is 9.59 Å². The molecule has 2 fully saturated rings. The number of nitrogens with one attached hydrogen (secondary N) is 2. The van der Waals surface area contributed by atoms with Crippen molar-refractivity contribution >= 4 is 11.8 Å². The van der Waals surface area contributed by atoms with Gasteiger partial charge in [0.1, 0.15) is 6.04 Å². The molecule has 24 heavy (non-hydrogen) atoms. The minimum Gasteiger partial charge on any atom is -0.378 e. The number of rotatable bonds is 3. The van der Waals surface area contributed by atoms with E-state index in [1.54, 1.807) is 0 Å². The number of hydrogen-bond donors (Lipinski definition) is 2. The Morgan fingerprint density at radius 1 is 1.25 bits per heavy atom. The van der Waals surface area contributed by atoms with Crippen molar-refractivity contribution in [2.75, 3.05) is 32.8 Å². The molecule has 0 bridgehead atoms. The first-order chi connectivity index (χ1) is 11.6. The van der Waals surface area contributed by atoms with Gasteiger partial charge >= 0.3 is 0 Å². The second kappa shape index (κ2) is 7.77. The smallest absolute Gasteiger partial charge is 0.251 e. The normalized spacial score (nSPS) is 22.2. The van der Waals surface area contributed by atoms with Gasteiger partial charge in [0, 0.05) is 31.2 Å². The second-order valence-corrected chi connectivity index (χ2v) is 6.47. The fourth-order valence-corrected chi connectivity index (χ4v) is 3.28. The van der Waals surface area contributed by atoms with E-state index < -0.39 is 0 Å². The van der Waals surface area contributed by atoms with E-state index in [0.717, 1.165) is 30.5 Å². The maximum Gasteiger partial charge on any atom is 0.251 e. The summed E-state index contributed by atoms with van der Waals surface area (Å²) in [6, 6.07) is 7.49. The van der Waals surface area contributed by atoms with Crippen LogP contribution in [0, 0.1) is 6.92 Å². The lowest BCUT2D eigenvalue weighted by Crippen LogP contribution is -2.55. The van der Waals surface area contributed by atoms with E-state index in [1.165, 1.54) is 0 Å². The lowest BCUT2D eigenvalue weighted by Gasteiger charge is -2.35. The number of ether oxygens (including phenoxy) is 1. The molecular weight excluding hydrogens is 306 g/mol. The number of aryl methyl sites for hydroxylation is 1. The van der Waals surface area contributed by atoms with Crippen LogP contribution in [0.5, 0.6) is 0 Å². The molecule has 130 valence electrons. The summed E-state index contributed by atoms with van der Waals surface area (Å²) in [5.74, 6) is 0.0820. The maximum absolute atomic E-state index is 12.4. The molecule has 0 aliphatic carbocycles. The number of carbonyl (C=O) groups is 2. The molecule has 1 aromatic rings. The third kappa shape index (κ3) is 3.94. The maximum atomic E-state index is 12.4. The topological polar surface area (TPSA) is 70.7 Å². The van der Waals surface area contributed by atoms with Crippen LogP contribution in [-0.4, -0.2) is 61.6 Å². The molecule has 0 aromatic heterocycles. The number of morpholine rings is 1. The lowest BCUT2D eigenvalue weighted by atomic mass is 10.0. The number of hydrogen-bond acceptors (Lipinski definition) is 4. The molecule has 0 spiro atoms. The third-order valence-electron chi connectivity index (χ3n) is 4.75. The van der Waals surface area contributed by atoms with Crippen molar-refractivity contribution < 1.29 is 14.3 Å². The third-order valence-corrected chi connectivity index (χ3v) is 4.75. The number of carbonyl (C=O) groups excluding carboxylic acids is 2. The van der Waals surface area contributed by atoms with Crippen LogP contribution in [0.15, 0.2) is 24.3 Å². The quantitative estimate of drug-likeness (QED) is 0.856. The molecule has 2 N–H and O–H groups in total. The minimum atomic E-state index is -0.225. The highest BCUT2D eigenvalue weighted by molar-refractivity contribution is 5.95. The predicted molar refractivity (Wildman–Crippen MR) is 90.9 cm³/mol. The summed E-state index contributed by atoms with van der Waals surface area (Å²) in [6.45, 7) is 5.12. The van der Waals surface area contributed by atoms with E-state index in [2.05, 4.69) is 10.6 Å². The Morgan fingerprint density at radius 3 is 2.67 bits per heavy atom. The fraction of sp³-hybridized carbons (Fsp3) is 0.556. The highest BCUT2D eigenvalue weighted by Crippen LogP contribution is 2.14. The lowest BCUT2D eigenvalue weighted by molar-refractivity contribution is -0.137. The molecule has 0 radical (unpaired) electrons. The molecule has 2 amide bonds. The predicted octanol–water partition coefficient (Wildman–Crippen LogP) is 0.704. The van der Waals surface area contributed by atoms with E-state index in [0.29, 0.717) is 26.3 Å². The van der Waals surface area contributed by atoms with Crippen LogP contribution in [0.3, 0.4) is 0 Å². The van der Waals surface area contributed by atoms with Gasteiger partial charge in [0.2, 0.25) is 5.91 Å². The van der Waals surface area contributed by atoms with E-state index in [1.807, 2.05) is 36.1 Å². The zero-order valence-electron chi connectivity index (χ0n) is 14.1. The first-order valence-corrected chi connectivity index (χ1v) is 8.61. The highest BCUT2D eigenvalue weighted by atomic mass is 16.5. The van der Waals surface area contributed by atoms with Gasteiger partial charge in [0.25, 0.3) is 5.91 Å². The molecule has 3 rings (SSSR count). The van der Waals surface area contributed by atoms with Crippen molar-refractivity contribution in [1.29, 1.82) is 0 Å². The highest BCUT2D eigenvalue weighted by Gasteiger charge is 2.30. The Kier molecular flexibility index (Phi) is 5.48. The molecule has 6 heteroatoms. The second-order valence-electron chi connectivity index (χ2n) is 6.47. The van der Waals surface area contributed by atoms with E-state index in [-0.39, 0.29) is 23.9 Å². The van der Waals surface area contributed by atoms with Crippen LogP contribution < -0.4 is 10.6 Å². The summed E-state index contributed by atoms with van der Waals surface area (Å²) in [6.07, 6.45) is 1.58. The summed E-state index contributed by atoms with van der Waals surface area (Å²) in [5, 5.41) is 6.30. The zero-order valence-corrected chi connectivity index (χ0v) is 14.1. The standard InChI is InChI=1S/C18H25N3O3/c1-13-4-2-3-5-15(13)17(22)20-14-6-9-21(10-7-14)18(23)16-12-24-11-8-19-16/h2-5,14,16,19H,6-12H2,1H3,(H,20,22). The van der Waals surface area contributed by atoms with Crippen LogP contribution in [0.25, 0.3) is 0 Å². The van der Waals surface area contributed by atoms with Gasteiger partial charge in [-0.25, -0.2) is 0 Å². The van der Waals surface area contributed by atoms with Crippen LogP contribution in [0.4, 0.5) is 0 Å². The van der Waals surface area contributed by atoms with Gasteiger partial charge in [0.05, 0.1) is 13.2 Å². The van der Waals surface area contributed by atoms with Gasteiger partial charge in [-0.15, -0.1) is 0 Å². The van der Waals surface area contributed by atoms with Gasteiger partial charge in [-0.1, -0.05) is 18.2 Å². The molecule has 2 aliphatic heterocycles. The summed E-state index contributed by atoms with van der Waals surface area (Å²) < 4.78 is 5.36. The zero-order chi connectivity index (χ0) is 16.9. The number of likely N-dealkylation sites (tertiary alicyclic amines) is 1. The molecule has 2 saturated heterocycles. The molecule has 2 aliphatic rings. The monoisotopic (exact) mass is 331 g/mol. The SMILES string of the molecule is Cc1ccccc1C(=O)NC1CCN(C(=O)C2COCCN2)CC1. The first-order valence-electron chi connectivity index (χ1n) is 8.61. The minimum absolute atomic E-state index is 0.0276. The van der Waals surface area contributed by atoms with E-state index in [4.69, 9.17) is 4.74 Å². The molecule has 1 aromatic carbocycles. The van der Waals surface area contributed by atoms with Crippen LogP contribution >= 0.6 is 0 Å². The Bertz CT molecular complexity index is 591. The van der Waals surface area contributed by atoms with Crippen LogP contribution in [-0.2, 0) is 9.53 Å². The summed E-state index contributed by atoms with van der Waals surface area (Å²) >= 11 is 0. The van der Waals surface area contributed by atoms with Crippen molar-refractivity contribution in [1.82, 2.24) is 15.5 Å². The summed E-state index contributed by atoms with van der Waals surface area (Å²) in [4.78, 5) is 26.7. The molecule has 2 heterocycles. The molecule has 1 unspecified atom stereocenters. The van der Waals surface area contributed by atoms with E-state index >= 15 is 0 Å². The van der Waals surface area contributed by atoms with Crippen molar-refractivity contribution in [2.45, 2.75) is 31.8 Å². The molecular formula is C18H25N3O3.